The zero-order valence-corrected chi connectivity index (χ0v) is 19.0. The smallest absolute Gasteiger partial charge is 0.337 e. The minimum absolute atomic E-state index is 0.0670. The van der Waals surface area contributed by atoms with Crippen LogP contribution in [-0.4, -0.2) is 59.9 Å². The molecule has 0 saturated carbocycles. The number of rotatable bonds is 7. The summed E-state index contributed by atoms with van der Waals surface area (Å²) < 4.78 is 6.12. The quantitative estimate of drug-likeness (QED) is 0.644. The molecule has 0 spiro atoms. The number of carboxylic acids is 1. The Morgan fingerprint density at radius 2 is 1.75 bits per heavy atom. The van der Waals surface area contributed by atoms with E-state index in [0.29, 0.717) is 22.1 Å². The van der Waals surface area contributed by atoms with Crippen LogP contribution in [0.1, 0.15) is 41.6 Å². The fraction of sp³-hybridized carbons (Fsp3) is 0.480. The zero-order valence-electron chi connectivity index (χ0n) is 18.3. The summed E-state index contributed by atoms with van der Waals surface area (Å²) in [6.45, 7) is 4.88. The highest BCUT2D eigenvalue weighted by molar-refractivity contribution is 6.31. The van der Waals surface area contributed by atoms with Crippen molar-refractivity contribution in [2.75, 3.05) is 37.6 Å². The third-order valence-corrected chi connectivity index (χ3v) is 6.99. The number of nitrogens with zero attached hydrogens (tertiary/aromatic N) is 2. The molecule has 2 heterocycles. The summed E-state index contributed by atoms with van der Waals surface area (Å²) >= 11 is 6.17. The van der Waals surface area contributed by atoms with Crippen molar-refractivity contribution >= 4 is 23.3 Å². The summed E-state index contributed by atoms with van der Waals surface area (Å²) in [7, 11) is 0. The fourth-order valence-corrected chi connectivity index (χ4v) is 5.01. The lowest BCUT2D eigenvalue weighted by molar-refractivity contribution is 0.0697. The molecule has 0 bridgehead atoms. The molecule has 6 nitrogen and oxygen atoms in total. The molecule has 2 aliphatic rings. The summed E-state index contributed by atoms with van der Waals surface area (Å²) in [5.41, 5.74) is 1.94. The number of aliphatic hydroxyl groups excluding tert-OH is 1. The van der Waals surface area contributed by atoms with Crippen LogP contribution in [0.4, 0.5) is 5.69 Å². The standard InChI is InChI=1S/C25H31ClN2O4/c26-23-15-21(6-5-19(23)17-29)32-20-9-11-27(12-10-20)16-18-7-13-28(14-8-18)24-4-2-1-3-22(24)25(30)31/h1-6,15,18,20,29H,7-14,16-17H2,(H,30,31). The number of halogens is 1. The molecule has 2 N–H and O–H groups in total. The number of aliphatic hydroxyl groups is 1. The number of likely N-dealkylation sites (tertiary alicyclic amines) is 1. The van der Waals surface area contributed by atoms with Crippen molar-refractivity contribution in [3.05, 3.63) is 58.6 Å². The summed E-state index contributed by atoms with van der Waals surface area (Å²) in [6, 6.07) is 12.8. The minimum atomic E-state index is -0.862. The van der Waals surface area contributed by atoms with Crippen LogP contribution in [-0.2, 0) is 6.61 Å². The normalized spacial score (nSPS) is 18.6. The molecule has 0 unspecified atom stereocenters. The van der Waals surface area contributed by atoms with E-state index in [1.54, 1.807) is 18.2 Å². The second kappa shape index (κ2) is 10.6. The number of aromatic carboxylic acids is 1. The number of hydrogen-bond acceptors (Lipinski definition) is 5. The van der Waals surface area contributed by atoms with Gasteiger partial charge in [0.1, 0.15) is 11.9 Å². The highest BCUT2D eigenvalue weighted by Crippen LogP contribution is 2.29. The van der Waals surface area contributed by atoms with Gasteiger partial charge in [0.05, 0.1) is 17.9 Å². The van der Waals surface area contributed by atoms with E-state index in [1.807, 2.05) is 24.3 Å². The van der Waals surface area contributed by atoms with Crippen LogP contribution in [0.25, 0.3) is 0 Å². The van der Waals surface area contributed by atoms with Gasteiger partial charge in [0.2, 0.25) is 0 Å². The molecule has 2 aliphatic heterocycles. The molecule has 2 aromatic rings. The van der Waals surface area contributed by atoms with E-state index >= 15 is 0 Å². The number of para-hydroxylation sites is 1. The van der Waals surface area contributed by atoms with Crippen LogP contribution >= 0.6 is 11.6 Å². The van der Waals surface area contributed by atoms with Crippen molar-refractivity contribution in [3.8, 4) is 5.75 Å². The molecule has 0 aliphatic carbocycles. The van der Waals surface area contributed by atoms with Crippen molar-refractivity contribution in [1.29, 1.82) is 0 Å². The number of hydrogen-bond donors (Lipinski definition) is 2. The molecule has 0 aromatic heterocycles. The summed E-state index contributed by atoms with van der Waals surface area (Å²) in [4.78, 5) is 16.3. The Morgan fingerprint density at radius 1 is 1.03 bits per heavy atom. The molecule has 7 heteroatoms. The Hall–Kier alpha value is -2.28. The topological polar surface area (TPSA) is 73.2 Å². The molecule has 0 atom stereocenters. The number of carbonyl (C=O) groups is 1. The lowest BCUT2D eigenvalue weighted by Crippen LogP contribution is -2.43. The molecule has 32 heavy (non-hydrogen) atoms. The van der Waals surface area contributed by atoms with Crippen LogP contribution in [0.2, 0.25) is 5.02 Å². The molecule has 2 fully saturated rings. The van der Waals surface area contributed by atoms with Crippen molar-refractivity contribution in [2.24, 2.45) is 5.92 Å². The second-order valence-corrected chi connectivity index (χ2v) is 9.19. The van der Waals surface area contributed by atoms with Gasteiger partial charge in [-0.15, -0.1) is 0 Å². The number of carboxylic acid groups (broad SMARTS) is 1. The summed E-state index contributed by atoms with van der Waals surface area (Å²) in [5, 5.41) is 19.2. The van der Waals surface area contributed by atoms with Crippen LogP contribution in [0.5, 0.6) is 5.75 Å². The predicted molar refractivity (Wildman–Crippen MR) is 126 cm³/mol. The average molecular weight is 459 g/mol. The molecule has 0 amide bonds. The Labute approximate surface area is 194 Å². The van der Waals surface area contributed by atoms with Gasteiger partial charge >= 0.3 is 5.97 Å². The number of benzene rings is 2. The van der Waals surface area contributed by atoms with Crippen molar-refractivity contribution in [3.63, 3.8) is 0 Å². The SMILES string of the molecule is O=C(O)c1ccccc1N1CCC(CN2CCC(Oc3ccc(CO)c(Cl)c3)CC2)CC1. The van der Waals surface area contributed by atoms with Gasteiger partial charge in [-0.1, -0.05) is 29.8 Å². The first kappa shape index (κ1) is 22.9. The maximum atomic E-state index is 11.5. The first-order chi connectivity index (χ1) is 15.5. The van der Waals surface area contributed by atoms with Gasteiger partial charge in [-0.3, -0.25) is 0 Å². The van der Waals surface area contributed by atoms with Crippen LogP contribution in [0, 0.1) is 5.92 Å². The lowest BCUT2D eigenvalue weighted by atomic mass is 9.94. The number of ether oxygens (including phenoxy) is 1. The van der Waals surface area contributed by atoms with E-state index in [0.717, 1.165) is 69.8 Å². The molecule has 4 rings (SSSR count). The van der Waals surface area contributed by atoms with Crippen molar-refractivity contribution in [1.82, 2.24) is 4.90 Å². The van der Waals surface area contributed by atoms with Gasteiger partial charge < -0.3 is 24.7 Å². The van der Waals surface area contributed by atoms with E-state index < -0.39 is 5.97 Å². The maximum absolute atomic E-state index is 11.5. The summed E-state index contributed by atoms with van der Waals surface area (Å²) in [6.07, 6.45) is 4.34. The first-order valence-corrected chi connectivity index (χ1v) is 11.8. The Kier molecular flexibility index (Phi) is 7.55. The van der Waals surface area contributed by atoms with Gasteiger partial charge in [0.15, 0.2) is 0 Å². The zero-order chi connectivity index (χ0) is 22.5. The average Bonchev–Trinajstić information content (AvgIpc) is 2.81. The Bertz CT molecular complexity index is 922. The van der Waals surface area contributed by atoms with E-state index in [2.05, 4.69) is 9.80 Å². The van der Waals surface area contributed by atoms with Crippen molar-refractivity contribution in [2.45, 2.75) is 38.4 Å². The van der Waals surface area contributed by atoms with E-state index in [-0.39, 0.29) is 12.7 Å². The highest BCUT2D eigenvalue weighted by Gasteiger charge is 2.26. The second-order valence-electron chi connectivity index (χ2n) is 8.78. The van der Waals surface area contributed by atoms with Crippen LogP contribution < -0.4 is 9.64 Å². The fourth-order valence-electron chi connectivity index (χ4n) is 4.78. The maximum Gasteiger partial charge on any atom is 0.337 e. The molecule has 2 aromatic carbocycles. The molecule has 172 valence electrons. The van der Waals surface area contributed by atoms with E-state index in [1.165, 1.54) is 0 Å². The van der Waals surface area contributed by atoms with Crippen LogP contribution in [0.15, 0.2) is 42.5 Å². The largest absolute Gasteiger partial charge is 0.490 e. The molecule has 2 saturated heterocycles. The number of piperidine rings is 2. The highest BCUT2D eigenvalue weighted by atomic mass is 35.5. The monoisotopic (exact) mass is 458 g/mol. The van der Waals surface area contributed by atoms with Crippen LogP contribution in [0.3, 0.4) is 0 Å². The number of anilines is 1. The minimum Gasteiger partial charge on any atom is -0.490 e. The lowest BCUT2D eigenvalue weighted by Gasteiger charge is -2.38. The van der Waals surface area contributed by atoms with Crippen molar-refractivity contribution < 1.29 is 19.7 Å². The Balaban J connectivity index is 1.22. The summed E-state index contributed by atoms with van der Waals surface area (Å²) in [5.74, 6) is 0.546. The third-order valence-electron chi connectivity index (χ3n) is 6.64. The molecular weight excluding hydrogens is 428 g/mol. The predicted octanol–water partition coefficient (Wildman–Crippen LogP) is 4.29. The van der Waals surface area contributed by atoms with E-state index in [4.69, 9.17) is 16.3 Å². The van der Waals surface area contributed by atoms with E-state index in [9.17, 15) is 15.0 Å². The van der Waals surface area contributed by atoms with Gasteiger partial charge in [0.25, 0.3) is 0 Å². The third kappa shape index (κ3) is 5.55. The molecule has 0 radical (unpaired) electrons. The first-order valence-electron chi connectivity index (χ1n) is 11.4. The van der Waals surface area contributed by atoms with Gasteiger partial charge in [-0.25, -0.2) is 4.79 Å². The van der Waals surface area contributed by atoms with Gasteiger partial charge in [-0.2, -0.15) is 0 Å². The van der Waals surface area contributed by atoms with Gasteiger partial charge in [0, 0.05) is 37.7 Å². The Morgan fingerprint density at radius 3 is 2.41 bits per heavy atom. The molecular formula is C25H31ClN2O4. The van der Waals surface area contributed by atoms with Gasteiger partial charge in [-0.05, 0) is 61.4 Å².